The summed E-state index contributed by atoms with van der Waals surface area (Å²) in [5, 5.41) is 0. The molecule has 0 radical (unpaired) electrons. The van der Waals surface area contributed by atoms with Crippen LogP contribution in [0.15, 0.2) is 146 Å². The van der Waals surface area contributed by atoms with Crippen molar-refractivity contribution in [3.63, 3.8) is 0 Å². The van der Waals surface area contributed by atoms with Crippen molar-refractivity contribution in [2.45, 2.75) is 226 Å². The summed E-state index contributed by atoms with van der Waals surface area (Å²) in [6, 6.07) is 0. The molecule has 0 spiro atoms. The lowest BCUT2D eigenvalue weighted by Gasteiger charge is -2.18. The van der Waals surface area contributed by atoms with Gasteiger partial charge < -0.3 is 14.2 Å². The minimum Gasteiger partial charge on any atom is -0.462 e. The lowest BCUT2D eigenvalue weighted by atomic mass is 10.1. The van der Waals surface area contributed by atoms with E-state index in [1.165, 1.54) is 44.9 Å². The Kier molecular flexibility index (Phi) is 53.0. The van der Waals surface area contributed by atoms with Crippen molar-refractivity contribution >= 4 is 17.9 Å². The van der Waals surface area contributed by atoms with Gasteiger partial charge in [0, 0.05) is 19.3 Å². The van der Waals surface area contributed by atoms with Gasteiger partial charge in [-0.05, 0) is 116 Å². The summed E-state index contributed by atoms with van der Waals surface area (Å²) in [5.41, 5.74) is 0. The molecule has 0 aliphatic rings. The van der Waals surface area contributed by atoms with Crippen molar-refractivity contribution in [3.05, 3.63) is 146 Å². The second-order valence-electron chi connectivity index (χ2n) is 17.7. The van der Waals surface area contributed by atoms with Crippen molar-refractivity contribution in [3.8, 4) is 0 Å². The van der Waals surface area contributed by atoms with E-state index < -0.39 is 6.10 Å². The van der Waals surface area contributed by atoms with Crippen LogP contribution in [0.1, 0.15) is 220 Å². The number of carbonyl (C=O) groups is 3. The van der Waals surface area contributed by atoms with Crippen LogP contribution in [0.2, 0.25) is 0 Å². The molecule has 0 bridgehead atoms. The molecule has 1 unspecified atom stereocenters. The molecule has 0 aliphatic carbocycles. The lowest BCUT2D eigenvalue weighted by molar-refractivity contribution is -0.167. The first-order valence-electron chi connectivity index (χ1n) is 27.8. The lowest BCUT2D eigenvalue weighted by Crippen LogP contribution is -2.30. The molecule has 0 amide bonds. The fraction of sp³-hybridized carbons (Fsp3) is 0.578. The molecule has 0 fully saturated rings. The van der Waals surface area contributed by atoms with Gasteiger partial charge in [0.2, 0.25) is 0 Å². The summed E-state index contributed by atoms with van der Waals surface area (Å²) in [7, 11) is 0. The number of carbonyl (C=O) groups excluding carboxylic acids is 3. The number of ether oxygens (including phenoxy) is 3. The Morgan fingerprint density at radius 1 is 0.300 bits per heavy atom. The quantitative estimate of drug-likeness (QED) is 0.0262. The zero-order valence-electron chi connectivity index (χ0n) is 44.7. The standard InChI is InChI=1S/C64H100O6/c1-4-7-10-13-16-18-20-22-24-26-27-28-29-30-31-32-33-34-35-36-37-39-40-42-44-46-48-51-54-57-63(66)69-60-61(59-68-62(65)56-53-50-15-12-9-6-3)70-64(67)58-55-52-49-47-45-43-41-38-25-23-21-19-17-14-11-8-5-2/h7-8,10-11,16-19,22-25,27-28,30-31,33-34,36-37,41,43,47,49,61H,4-6,9,12-15,20-21,26,29,32,35,38-40,42,44-46,48,50-60H2,1-3H3/b10-7-,11-8-,18-16-,19-17-,24-22-,25-23-,28-27-,31-30-,34-33-,37-36-,43-41-,49-47-. The van der Waals surface area contributed by atoms with Crippen molar-refractivity contribution < 1.29 is 28.6 Å². The normalized spacial score (nSPS) is 13.2. The maximum absolute atomic E-state index is 12.7. The molecular weight excluding hydrogens is 865 g/mol. The molecule has 0 saturated heterocycles. The molecule has 0 N–H and O–H groups in total. The summed E-state index contributed by atoms with van der Waals surface area (Å²) < 4.78 is 16.7. The van der Waals surface area contributed by atoms with Crippen molar-refractivity contribution in [2.24, 2.45) is 0 Å². The molecule has 0 aromatic carbocycles. The minimum atomic E-state index is -0.815. The van der Waals surface area contributed by atoms with Crippen LogP contribution in [0, 0.1) is 0 Å². The van der Waals surface area contributed by atoms with Crippen molar-refractivity contribution in [1.29, 1.82) is 0 Å². The second kappa shape index (κ2) is 56.9. The van der Waals surface area contributed by atoms with Crippen LogP contribution in [0.5, 0.6) is 0 Å². The van der Waals surface area contributed by atoms with E-state index in [-0.39, 0.29) is 37.5 Å². The molecule has 0 aromatic heterocycles. The third-order valence-corrected chi connectivity index (χ3v) is 11.1. The van der Waals surface area contributed by atoms with Gasteiger partial charge in [0.05, 0.1) is 0 Å². The fourth-order valence-electron chi connectivity index (χ4n) is 6.99. The van der Waals surface area contributed by atoms with Gasteiger partial charge in [0.25, 0.3) is 0 Å². The monoisotopic (exact) mass is 965 g/mol. The summed E-state index contributed by atoms with van der Waals surface area (Å²) in [6.07, 6.45) is 81.6. The van der Waals surface area contributed by atoms with E-state index in [1.54, 1.807) is 0 Å². The largest absolute Gasteiger partial charge is 0.462 e. The predicted octanol–water partition coefficient (Wildman–Crippen LogP) is 18.8. The van der Waals surface area contributed by atoms with Crippen LogP contribution < -0.4 is 0 Å². The smallest absolute Gasteiger partial charge is 0.306 e. The zero-order valence-corrected chi connectivity index (χ0v) is 44.7. The zero-order chi connectivity index (χ0) is 50.7. The van der Waals surface area contributed by atoms with Gasteiger partial charge >= 0.3 is 17.9 Å². The molecular formula is C64H100O6. The van der Waals surface area contributed by atoms with Gasteiger partial charge in [-0.1, -0.05) is 231 Å². The summed E-state index contributed by atoms with van der Waals surface area (Å²) >= 11 is 0. The van der Waals surface area contributed by atoms with E-state index in [4.69, 9.17) is 14.2 Å². The first-order valence-corrected chi connectivity index (χ1v) is 27.8. The van der Waals surface area contributed by atoms with Crippen LogP contribution in [0.3, 0.4) is 0 Å². The van der Waals surface area contributed by atoms with Gasteiger partial charge in [-0.15, -0.1) is 0 Å². The molecule has 70 heavy (non-hydrogen) atoms. The molecule has 0 saturated carbocycles. The fourth-order valence-corrected chi connectivity index (χ4v) is 6.99. The second-order valence-corrected chi connectivity index (χ2v) is 17.7. The Bertz CT molecular complexity index is 1580. The van der Waals surface area contributed by atoms with E-state index in [1.807, 2.05) is 0 Å². The van der Waals surface area contributed by atoms with Gasteiger partial charge in [-0.2, -0.15) is 0 Å². The molecule has 0 aliphatic heterocycles. The highest BCUT2D eigenvalue weighted by Gasteiger charge is 2.19. The van der Waals surface area contributed by atoms with Crippen LogP contribution in [-0.2, 0) is 28.6 Å². The van der Waals surface area contributed by atoms with Gasteiger partial charge in [0.15, 0.2) is 6.10 Å². The molecule has 6 heteroatoms. The Morgan fingerprint density at radius 3 is 0.914 bits per heavy atom. The summed E-state index contributed by atoms with van der Waals surface area (Å²) in [4.78, 5) is 37.8. The first kappa shape index (κ1) is 65.3. The van der Waals surface area contributed by atoms with Crippen molar-refractivity contribution in [2.75, 3.05) is 13.2 Å². The van der Waals surface area contributed by atoms with Crippen LogP contribution in [0.25, 0.3) is 0 Å². The minimum absolute atomic E-state index is 0.109. The van der Waals surface area contributed by atoms with Crippen LogP contribution in [0.4, 0.5) is 0 Å². The number of hydrogen-bond donors (Lipinski definition) is 0. The van der Waals surface area contributed by atoms with E-state index in [0.717, 1.165) is 128 Å². The van der Waals surface area contributed by atoms with Crippen molar-refractivity contribution in [1.82, 2.24) is 0 Å². The Labute approximate surface area is 429 Å². The van der Waals surface area contributed by atoms with Gasteiger partial charge in [-0.25, -0.2) is 0 Å². The Hall–Kier alpha value is -4.71. The third kappa shape index (κ3) is 54.2. The van der Waals surface area contributed by atoms with E-state index in [0.29, 0.717) is 19.3 Å². The first-order chi connectivity index (χ1) is 34.5. The van der Waals surface area contributed by atoms with Crippen LogP contribution >= 0.6 is 0 Å². The average Bonchev–Trinajstić information content (AvgIpc) is 3.36. The summed E-state index contributed by atoms with van der Waals surface area (Å²) in [5.74, 6) is -1.000. The molecule has 392 valence electrons. The SMILES string of the molecule is CC/C=C\C/C=C\C/C=C\C/C=C\C/C=C\C/C=C\C/C=C\CCCCCCCCCC(=O)OCC(COC(=O)CCCCCCCC)OC(=O)CCC/C=C\C/C=C\C/C=C\C/C=C\C/C=C\CC. The number of hydrogen-bond acceptors (Lipinski definition) is 6. The highest BCUT2D eigenvalue weighted by molar-refractivity contribution is 5.71. The highest BCUT2D eigenvalue weighted by Crippen LogP contribution is 2.13. The molecule has 6 nitrogen and oxygen atoms in total. The number of rotatable bonds is 48. The number of allylic oxidation sites excluding steroid dienone is 24. The highest BCUT2D eigenvalue weighted by atomic mass is 16.6. The Morgan fingerprint density at radius 2 is 0.571 bits per heavy atom. The summed E-state index contributed by atoms with van der Waals surface area (Å²) in [6.45, 7) is 6.27. The molecule has 0 heterocycles. The predicted molar refractivity (Wildman–Crippen MR) is 302 cm³/mol. The van der Waals surface area contributed by atoms with Crippen LogP contribution in [-0.4, -0.2) is 37.2 Å². The maximum atomic E-state index is 12.7. The Balaban J connectivity index is 4.26. The number of unbranched alkanes of at least 4 members (excludes halogenated alkanes) is 13. The average molecular weight is 965 g/mol. The molecule has 1 atom stereocenters. The molecule has 0 aromatic rings. The topological polar surface area (TPSA) is 78.9 Å². The third-order valence-electron chi connectivity index (χ3n) is 11.1. The van der Waals surface area contributed by atoms with Gasteiger partial charge in [-0.3, -0.25) is 14.4 Å². The van der Waals surface area contributed by atoms with E-state index in [9.17, 15) is 14.4 Å². The van der Waals surface area contributed by atoms with Gasteiger partial charge in [0.1, 0.15) is 13.2 Å². The number of esters is 3. The molecule has 0 rings (SSSR count). The van der Waals surface area contributed by atoms with E-state index in [2.05, 4.69) is 167 Å². The van der Waals surface area contributed by atoms with E-state index >= 15 is 0 Å². The maximum Gasteiger partial charge on any atom is 0.306 e.